The van der Waals surface area contributed by atoms with E-state index in [-0.39, 0.29) is 41.5 Å². The number of nitrogens with one attached hydrogen (secondary N) is 1. The number of aliphatic hydroxyl groups excluding tert-OH is 1. The molecular weight excluding hydrogens is 374 g/mol. The van der Waals surface area contributed by atoms with Crippen LogP contribution >= 0.6 is 0 Å². The molecule has 0 bridgehead atoms. The van der Waals surface area contributed by atoms with Gasteiger partial charge in [0, 0.05) is 30.7 Å². The first kappa shape index (κ1) is 20.2. The number of allylic oxidation sites excluding steroid dienone is 1. The molecular formula is C21H21N3O5. The average Bonchev–Trinajstić information content (AvgIpc) is 2.66. The first-order valence-electron chi connectivity index (χ1n) is 9.10. The van der Waals surface area contributed by atoms with Crippen molar-refractivity contribution in [2.75, 3.05) is 5.32 Å². The van der Waals surface area contributed by atoms with Crippen molar-refractivity contribution in [3.05, 3.63) is 75.7 Å². The number of ketones is 2. The zero-order valence-electron chi connectivity index (χ0n) is 16.1. The third-order valence-corrected chi connectivity index (χ3v) is 4.77. The molecule has 0 saturated heterocycles. The maximum atomic E-state index is 13.2. The molecule has 29 heavy (non-hydrogen) atoms. The maximum absolute atomic E-state index is 13.2. The van der Waals surface area contributed by atoms with Crippen molar-refractivity contribution in [2.24, 2.45) is 5.41 Å². The monoisotopic (exact) mass is 395 g/mol. The molecule has 0 spiro atoms. The predicted octanol–water partition coefficient (Wildman–Crippen LogP) is 3.85. The standard InChI is InChI=1S/C21H21N3O5/c1-21(2)11-15(25)17(16(26)12-21)18(19(27)13-7-4-3-5-8-13)23-20-14(24(28)29)9-6-10-22-20/h3-10,18,25H,11-12H2,1-2H3,(H,22,23). The van der Waals surface area contributed by atoms with Gasteiger partial charge in [-0.15, -0.1) is 0 Å². The number of hydrogen-bond donors (Lipinski definition) is 2. The zero-order chi connectivity index (χ0) is 21.2. The van der Waals surface area contributed by atoms with Crippen LogP contribution in [0.5, 0.6) is 0 Å². The molecule has 0 radical (unpaired) electrons. The Labute approximate surface area is 167 Å². The number of aliphatic hydroxyl groups is 1. The van der Waals surface area contributed by atoms with Crippen LogP contribution in [0.3, 0.4) is 0 Å². The summed E-state index contributed by atoms with van der Waals surface area (Å²) in [5.41, 5.74) is -0.538. The van der Waals surface area contributed by atoms with E-state index in [1.165, 1.54) is 18.3 Å². The second kappa shape index (κ2) is 7.83. The fraction of sp³-hybridized carbons (Fsp3) is 0.286. The van der Waals surface area contributed by atoms with Crippen LogP contribution in [0, 0.1) is 15.5 Å². The van der Waals surface area contributed by atoms with E-state index in [0.29, 0.717) is 5.56 Å². The first-order valence-corrected chi connectivity index (χ1v) is 9.10. The number of carbonyl (C=O) groups is 2. The van der Waals surface area contributed by atoms with Gasteiger partial charge < -0.3 is 10.4 Å². The summed E-state index contributed by atoms with van der Waals surface area (Å²) in [5, 5.41) is 24.7. The van der Waals surface area contributed by atoms with E-state index in [9.17, 15) is 24.8 Å². The van der Waals surface area contributed by atoms with Crippen LogP contribution in [0.2, 0.25) is 0 Å². The van der Waals surface area contributed by atoms with Crippen molar-refractivity contribution in [2.45, 2.75) is 32.7 Å². The Hall–Kier alpha value is -3.55. The van der Waals surface area contributed by atoms with Gasteiger partial charge in [-0.05, 0) is 11.5 Å². The smallest absolute Gasteiger partial charge is 0.311 e. The van der Waals surface area contributed by atoms with Crippen LogP contribution in [0.4, 0.5) is 11.5 Å². The van der Waals surface area contributed by atoms with E-state index < -0.39 is 22.2 Å². The highest BCUT2D eigenvalue weighted by Crippen LogP contribution is 2.38. The molecule has 1 atom stereocenters. The molecule has 1 aliphatic carbocycles. The number of nitrogens with zero attached hydrogens (tertiary/aromatic N) is 2. The Morgan fingerprint density at radius 3 is 2.52 bits per heavy atom. The van der Waals surface area contributed by atoms with Gasteiger partial charge in [-0.2, -0.15) is 0 Å². The Morgan fingerprint density at radius 1 is 1.21 bits per heavy atom. The fourth-order valence-corrected chi connectivity index (χ4v) is 3.46. The van der Waals surface area contributed by atoms with Crippen LogP contribution in [0.1, 0.15) is 37.0 Å². The minimum absolute atomic E-state index is 0.0712. The van der Waals surface area contributed by atoms with Crippen molar-refractivity contribution in [3.63, 3.8) is 0 Å². The van der Waals surface area contributed by atoms with Gasteiger partial charge >= 0.3 is 5.69 Å². The summed E-state index contributed by atoms with van der Waals surface area (Å²) in [4.78, 5) is 40.8. The number of pyridine rings is 1. The van der Waals surface area contributed by atoms with Crippen LogP contribution in [-0.4, -0.2) is 32.6 Å². The first-order chi connectivity index (χ1) is 13.7. The third-order valence-electron chi connectivity index (χ3n) is 4.77. The van der Waals surface area contributed by atoms with Crippen LogP contribution in [0.25, 0.3) is 0 Å². The Morgan fingerprint density at radius 2 is 1.90 bits per heavy atom. The quantitative estimate of drug-likeness (QED) is 0.432. The number of aromatic nitrogens is 1. The summed E-state index contributed by atoms with van der Waals surface area (Å²) in [6.45, 7) is 3.70. The van der Waals surface area contributed by atoms with Crippen LogP contribution < -0.4 is 5.32 Å². The van der Waals surface area contributed by atoms with Gasteiger partial charge in [0.2, 0.25) is 5.82 Å². The molecule has 2 N–H and O–H groups in total. The molecule has 1 heterocycles. The Kier molecular flexibility index (Phi) is 5.45. The molecule has 8 nitrogen and oxygen atoms in total. The summed E-state index contributed by atoms with van der Waals surface area (Å²) in [6, 6.07) is 9.61. The molecule has 1 unspecified atom stereocenters. The van der Waals surface area contributed by atoms with Crippen molar-refractivity contribution in [1.82, 2.24) is 4.98 Å². The molecule has 0 fully saturated rings. The predicted molar refractivity (Wildman–Crippen MR) is 107 cm³/mol. The van der Waals surface area contributed by atoms with Crippen LogP contribution in [-0.2, 0) is 4.79 Å². The number of Topliss-reactive ketones (excluding diaryl/α,β-unsaturated/α-hetero) is 2. The summed E-state index contributed by atoms with van der Waals surface area (Å²) in [6.07, 6.45) is 1.72. The third kappa shape index (κ3) is 4.31. The largest absolute Gasteiger partial charge is 0.512 e. The van der Waals surface area contributed by atoms with E-state index in [0.717, 1.165) is 0 Å². The van der Waals surface area contributed by atoms with Crippen molar-refractivity contribution < 1.29 is 19.6 Å². The second-order valence-corrected chi connectivity index (χ2v) is 7.74. The second-order valence-electron chi connectivity index (χ2n) is 7.74. The number of nitro groups is 1. The molecule has 1 aromatic carbocycles. The molecule has 8 heteroatoms. The minimum atomic E-state index is -1.30. The number of rotatable bonds is 6. The number of carbonyl (C=O) groups excluding carboxylic acids is 2. The zero-order valence-corrected chi connectivity index (χ0v) is 16.1. The molecule has 0 aliphatic heterocycles. The lowest BCUT2D eigenvalue weighted by Crippen LogP contribution is -2.40. The SMILES string of the molecule is CC1(C)CC(=O)C(C(Nc2ncccc2[N+](=O)[O-])C(=O)c2ccccc2)=C(O)C1. The Bertz CT molecular complexity index is 998. The molecule has 2 aromatic rings. The van der Waals surface area contributed by atoms with Crippen molar-refractivity contribution in [1.29, 1.82) is 0 Å². The highest BCUT2D eigenvalue weighted by Gasteiger charge is 2.40. The number of anilines is 1. The van der Waals surface area contributed by atoms with Gasteiger partial charge in [0.15, 0.2) is 11.6 Å². The normalized spacial score (nSPS) is 17.0. The highest BCUT2D eigenvalue weighted by molar-refractivity contribution is 6.12. The van der Waals surface area contributed by atoms with Crippen molar-refractivity contribution in [3.8, 4) is 0 Å². The highest BCUT2D eigenvalue weighted by atomic mass is 16.6. The van der Waals surface area contributed by atoms with Gasteiger partial charge in [0.1, 0.15) is 11.8 Å². The number of hydrogen-bond acceptors (Lipinski definition) is 7. The molecule has 0 amide bonds. The van der Waals surface area contributed by atoms with Gasteiger partial charge in [-0.25, -0.2) is 4.98 Å². The summed E-state index contributed by atoms with van der Waals surface area (Å²) >= 11 is 0. The van der Waals surface area contributed by atoms with E-state index in [1.54, 1.807) is 30.3 Å². The fourth-order valence-electron chi connectivity index (χ4n) is 3.46. The van der Waals surface area contributed by atoms with Gasteiger partial charge in [-0.1, -0.05) is 44.2 Å². The summed E-state index contributed by atoms with van der Waals surface area (Å²) in [7, 11) is 0. The van der Waals surface area contributed by atoms with Gasteiger partial charge in [-0.3, -0.25) is 19.7 Å². The summed E-state index contributed by atoms with van der Waals surface area (Å²) < 4.78 is 0. The summed E-state index contributed by atoms with van der Waals surface area (Å²) in [5.74, 6) is -1.20. The maximum Gasteiger partial charge on any atom is 0.311 e. The van der Waals surface area contributed by atoms with Crippen LogP contribution in [0.15, 0.2) is 60.0 Å². The van der Waals surface area contributed by atoms with Crippen molar-refractivity contribution >= 4 is 23.1 Å². The molecule has 150 valence electrons. The lowest BCUT2D eigenvalue weighted by atomic mass is 9.74. The molecule has 3 rings (SSSR count). The Balaban J connectivity index is 2.10. The number of benzene rings is 1. The minimum Gasteiger partial charge on any atom is -0.512 e. The van der Waals surface area contributed by atoms with Gasteiger partial charge in [0.05, 0.1) is 10.5 Å². The van der Waals surface area contributed by atoms with E-state index in [2.05, 4.69) is 10.3 Å². The average molecular weight is 395 g/mol. The lowest BCUT2D eigenvalue weighted by Gasteiger charge is -2.32. The van der Waals surface area contributed by atoms with E-state index in [4.69, 9.17) is 0 Å². The lowest BCUT2D eigenvalue weighted by molar-refractivity contribution is -0.384. The van der Waals surface area contributed by atoms with E-state index >= 15 is 0 Å². The van der Waals surface area contributed by atoms with E-state index in [1.807, 2.05) is 13.8 Å². The topological polar surface area (TPSA) is 122 Å². The molecule has 0 saturated carbocycles. The molecule has 1 aromatic heterocycles. The van der Waals surface area contributed by atoms with Gasteiger partial charge in [0.25, 0.3) is 0 Å². The molecule has 1 aliphatic rings.